The van der Waals surface area contributed by atoms with Crippen LogP contribution in [0.5, 0.6) is 0 Å². The van der Waals surface area contributed by atoms with Gasteiger partial charge in [0, 0.05) is 5.39 Å². The van der Waals surface area contributed by atoms with E-state index in [1.54, 1.807) is 12.1 Å². The van der Waals surface area contributed by atoms with Crippen molar-refractivity contribution in [2.75, 3.05) is 17.1 Å². The third-order valence-corrected chi connectivity index (χ3v) is 6.26. The maximum absolute atomic E-state index is 12.7. The molecule has 1 amide bonds. The first-order valence-corrected chi connectivity index (χ1v) is 11.3. The summed E-state index contributed by atoms with van der Waals surface area (Å²) in [6, 6.07) is 18.8. The number of fused-ring (bicyclic) bond motifs is 1. The average Bonchev–Trinajstić information content (AvgIpc) is 2.67. The van der Waals surface area contributed by atoms with Crippen LogP contribution >= 0.6 is 0 Å². The Kier molecular flexibility index (Phi) is 5.94. The van der Waals surface area contributed by atoms with Crippen molar-refractivity contribution in [2.24, 2.45) is 0 Å². The molecule has 29 heavy (non-hydrogen) atoms. The van der Waals surface area contributed by atoms with Gasteiger partial charge in [-0.05, 0) is 48.9 Å². The molecule has 0 saturated heterocycles. The van der Waals surface area contributed by atoms with E-state index >= 15 is 0 Å². The van der Waals surface area contributed by atoms with Crippen LogP contribution in [0.25, 0.3) is 10.8 Å². The molecule has 0 fully saturated rings. The fourth-order valence-electron chi connectivity index (χ4n) is 3.34. The Morgan fingerprint density at radius 3 is 2.38 bits per heavy atom. The average molecular weight is 411 g/mol. The smallest absolute Gasteiger partial charge is 0.241 e. The van der Waals surface area contributed by atoms with Crippen molar-refractivity contribution < 1.29 is 13.2 Å². The lowest BCUT2D eigenvalue weighted by Gasteiger charge is -2.24. The highest BCUT2D eigenvalue weighted by atomic mass is 32.2. The zero-order valence-electron chi connectivity index (χ0n) is 17.1. The monoisotopic (exact) mass is 410 g/mol. The van der Waals surface area contributed by atoms with Crippen LogP contribution in [-0.4, -0.2) is 27.1 Å². The first kappa shape index (κ1) is 20.9. The Morgan fingerprint density at radius 1 is 1.00 bits per heavy atom. The van der Waals surface area contributed by atoms with E-state index in [-0.39, 0.29) is 18.5 Å². The number of nitrogens with one attached hydrogen (secondary N) is 1. The van der Waals surface area contributed by atoms with Crippen molar-refractivity contribution in [2.45, 2.75) is 26.8 Å². The molecule has 1 atom stereocenters. The lowest BCUT2D eigenvalue weighted by Crippen LogP contribution is -2.41. The van der Waals surface area contributed by atoms with Crippen LogP contribution in [0.1, 0.15) is 29.7 Å². The predicted octanol–water partition coefficient (Wildman–Crippen LogP) is 4.10. The number of rotatable bonds is 6. The highest BCUT2D eigenvalue weighted by Gasteiger charge is 2.23. The van der Waals surface area contributed by atoms with E-state index in [1.807, 2.05) is 69.3 Å². The summed E-state index contributed by atoms with van der Waals surface area (Å²) in [5.74, 6) is -0.353. The van der Waals surface area contributed by atoms with Gasteiger partial charge in [-0.15, -0.1) is 0 Å². The van der Waals surface area contributed by atoms with Crippen molar-refractivity contribution in [3.63, 3.8) is 0 Å². The minimum absolute atomic E-state index is 0.226. The van der Waals surface area contributed by atoms with Gasteiger partial charge in [-0.2, -0.15) is 0 Å². The summed E-state index contributed by atoms with van der Waals surface area (Å²) >= 11 is 0. The van der Waals surface area contributed by atoms with Crippen LogP contribution in [-0.2, 0) is 14.8 Å². The quantitative estimate of drug-likeness (QED) is 0.665. The summed E-state index contributed by atoms with van der Waals surface area (Å²) in [5.41, 5.74) is 3.82. The molecule has 3 rings (SSSR count). The summed E-state index contributed by atoms with van der Waals surface area (Å²) in [6.45, 7) is 5.68. The normalized spacial score (nSPS) is 12.6. The summed E-state index contributed by atoms with van der Waals surface area (Å²) in [7, 11) is -3.64. The standard InChI is InChI=1S/C23H26N2O3S/c1-16-12-13-20(14-17(16)2)18(3)24-23(26)15-25(29(4,27)28)22-11-7-9-19-8-5-6-10-21(19)22/h5-14,18H,15H2,1-4H3,(H,24,26)/t18-/m0/s1. The first-order valence-electron chi connectivity index (χ1n) is 9.49. The molecule has 0 saturated carbocycles. The van der Waals surface area contributed by atoms with Crippen LogP contribution in [0.15, 0.2) is 60.7 Å². The number of hydrogen-bond donors (Lipinski definition) is 1. The van der Waals surface area contributed by atoms with Crippen molar-refractivity contribution >= 4 is 32.4 Å². The van der Waals surface area contributed by atoms with E-state index in [0.717, 1.165) is 32.5 Å². The Bertz CT molecular complexity index is 1150. The largest absolute Gasteiger partial charge is 0.348 e. The Morgan fingerprint density at radius 2 is 1.69 bits per heavy atom. The van der Waals surface area contributed by atoms with E-state index < -0.39 is 10.0 Å². The molecule has 5 nitrogen and oxygen atoms in total. The Balaban J connectivity index is 1.85. The number of anilines is 1. The minimum Gasteiger partial charge on any atom is -0.348 e. The van der Waals surface area contributed by atoms with E-state index in [9.17, 15) is 13.2 Å². The Hall–Kier alpha value is -2.86. The molecule has 0 aliphatic carbocycles. The van der Waals surface area contributed by atoms with E-state index in [4.69, 9.17) is 0 Å². The van der Waals surface area contributed by atoms with E-state index in [0.29, 0.717) is 5.69 Å². The third-order valence-electron chi connectivity index (χ3n) is 5.13. The van der Waals surface area contributed by atoms with Crippen LogP contribution in [0.3, 0.4) is 0 Å². The summed E-state index contributed by atoms with van der Waals surface area (Å²) in [6.07, 6.45) is 1.12. The van der Waals surface area contributed by atoms with Crippen molar-refractivity contribution in [1.82, 2.24) is 5.32 Å². The molecular weight excluding hydrogens is 384 g/mol. The fraction of sp³-hybridized carbons (Fsp3) is 0.261. The van der Waals surface area contributed by atoms with Gasteiger partial charge >= 0.3 is 0 Å². The molecule has 0 aromatic heterocycles. The van der Waals surface area contributed by atoms with Gasteiger partial charge in [0.1, 0.15) is 6.54 Å². The van der Waals surface area contributed by atoms with E-state index in [1.165, 1.54) is 5.56 Å². The number of amides is 1. The molecule has 0 radical (unpaired) electrons. The van der Waals surface area contributed by atoms with Gasteiger partial charge in [-0.1, -0.05) is 54.6 Å². The van der Waals surface area contributed by atoms with Gasteiger partial charge in [0.05, 0.1) is 18.0 Å². The van der Waals surface area contributed by atoms with Crippen molar-refractivity contribution in [3.05, 3.63) is 77.4 Å². The van der Waals surface area contributed by atoms with Crippen LogP contribution in [0.4, 0.5) is 5.69 Å². The van der Waals surface area contributed by atoms with Gasteiger partial charge in [0.15, 0.2) is 0 Å². The maximum Gasteiger partial charge on any atom is 0.241 e. The summed E-state index contributed by atoms with van der Waals surface area (Å²) in [4.78, 5) is 12.7. The summed E-state index contributed by atoms with van der Waals surface area (Å²) in [5, 5.41) is 4.62. The molecule has 152 valence electrons. The highest BCUT2D eigenvalue weighted by molar-refractivity contribution is 7.92. The van der Waals surface area contributed by atoms with Gasteiger partial charge in [-0.25, -0.2) is 8.42 Å². The SMILES string of the molecule is Cc1ccc([C@H](C)NC(=O)CN(c2cccc3ccccc23)S(C)(=O)=O)cc1C. The third kappa shape index (κ3) is 4.77. The lowest BCUT2D eigenvalue weighted by atomic mass is 10.0. The zero-order chi connectivity index (χ0) is 21.2. The molecule has 0 spiro atoms. The van der Waals surface area contributed by atoms with Crippen LogP contribution in [0, 0.1) is 13.8 Å². The molecule has 3 aromatic rings. The molecule has 0 unspecified atom stereocenters. The molecule has 0 aliphatic heterocycles. The fourth-order valence-corrected chi connectivity index (χ4v) is 4.21. The van der Waals surface area contributed by atoms with Gasteiger partial charge < -0.3 is 5.32 Å². The second-order valence-corrected chi connectivity index (χ2v) is 9.31. The molecule has 6 heteroatoms. The minimum atomic E-state index is -3.64. The van der Waals surface area contributed by atoms with Crippen molar-refractivity contribution in [1.29, 1.82) is 0 Å². The van der Waals surface area contributed by atoms with Gasteiger partial charge in [0.2, 0.25) is 15.9 Å². The lowest BCUT2D eigenvalue weighted by molar-refractivity contribution is -0.120. The highest BCUT2D eigenvalue weighted by Crippen LogP contribution is 2.28. The van der Waals surface area contributed by atoms with Crippen LogP contribution in [0.2, 0.25) is 0 Å². The molecule has 0 heterocycles. The molecule has 0 bridgehead atoms. The molecule has 3 aromatic carbocycles. The number of benzene rings is 3. The number of carbonyl (C=O) groups excluding carboxylic acids is 1. The number of aryl methyl sites for hydroxylation is 2. The topological polar surface area (TPSA) is 66.5 Å². The first-order chi connectivity index (χ1) is 13.7. The number of carbonyl (C=O) groups is 1. The van der Waals surface area contributed by atoms with E-state index in [2.05, 4.69) is 5.32 Å². The molecule has 0 aliphatic rings. The van der Waals surface area contributed by atoms with Gasteiger partial charge in [-0.3, -0.25) is 9.10 Å². The predicted molar refractivity (Wildman–Crippen MR) is 119 cm³/mol. The van der Waals surface area contributed by atoms with Crippen molar-refractivity contribution in [3.8, 4) is 0 Å². The van der Waals surface area contributed by atoms with Gasteiger partial charge in [0.25, 0.3) is 0 Å². The molecular formula is C23H26N2O3S. The Labute approximate surface area is 172 Å². The number of hydrogen-bond acceptors (Lipinski definition) is 3. The van der Waals surface area contributed by atoms with Crippen LogP contribution < -0.4 is 9.62 Å². The second kappa shape index (κ2) is 8.25. The number of sulfonamides is 1. The molecule has 1 N–H and O–H groups in total. The number of nitrogens with zero attached hydrogens (tertiary/aromatic N) is 1. The zero-order valence-corrected chi connectivity index (χ0v) is 18.0. The summed E-state index contributed by atoms with van der Waals surface area (Å²) < 4.78 is 26.2. The second-order valence-electron chi connectivity index (χ2n) is 7.40. The maximum atomic E-state index is 12.7.